The number of hydrogen-bond donors (Lipinski definition) is 0. The molecule has 1 aromatic heterocycles. The lowest BCUT2D eigenvalue weighted by Crippen LogP contribution is -2.36. The van der Waals surface area contributed by atoms with Gasteiger partial charge in [0.1, 0.15) is 10.8 Å². The van der Waals surface area contributed by atoms with Crippen LogP contribution in [0.3, 0.4) is 0 Å². The van der Waals surface area contributed by atoms with Crippen molar-refractivity contribution in [2.24, 2.45) is 0 Å². The summed E-state index contributed by atoms with van der Waals surface area (Å²) in [5, 5.41) is 3.00. The van der Waals surface area contributed by atoms with Gasteiger partial charge in [-0.3, -0.25) is 9.69 Å². The Balaban J connectivity index is 1.31. The second kappa shape index (κ2) is 10.1. The van der Waals surface area contributed by atoms with Gasteiger partial charge in [0.15, 0.2) is 0 Å². The standard InChI is InChI=1S/C25H29N3O2S/c1-19-5-3-6-21(15-19)25-26-22(18-31-25)16-24(29)28-12-4-11-27(13-14-28)17-20-7-9-23(30-2)10-8-20/h3,5-10,15,18H,4,11-14,16-17H2,1-2H3. The van der Waals surface area contributed by atoms with Crippen LogP contribution in [0.2, 0.25) is 0 Å². The molecule has 1 fully saturated rings. The van der Waals surface area contributed by atoms with Gasteiger partial charge in [0.2, 0.25) is 5.91 Å². The van der Waals surface area contributed by atoms with Gasteiger partial charge in [0.25, 0.3) is 0 Å². The molecule has 0 atom stereocenters. The SMILES string of the molecule is COc1ccc(CN2CCCN(C(=O)Cc3csc(-c4cccc(C)c4)n3)CC2)cc1. The van der Waals surface area contributed by atoms with Crippen molar-refractivity contribution in [2.45, 2.75) is 26.3 Å². The summed E-state index contributed by atoms with van der Waals surface area (Å²) in [4.78, 5) is 22.1. The Bertz CT molecular complexity index is 1020. The van der Waals surface area contributed by atoms with Crippen LogP contribution in [0.1, 0.15) is 23.2 Å². The third-order valence-corrected chi connectivity index (χ3v) is 6.60. The molecule has 6 heteroatoms. The number of nitrogens with zero attached hydrogens (tertiary/aromatic N) is 3. The number of hydrogen-bond acceptors (Lipinski definition) is 5. The van der Waals surface area contributed by atoms with Gasteiger partial charge in [0, 0.05) is 43.7 Å². The fourth-order valence-electron chi connectivity index (χ4n) is 3.93. The monoisotopic (exact) mass is 435 g/mol. The summed E-state index contributed by atoms with van der Waals surface area (Å²) in [5.74, 6) is 1.05. The molecule has 0 spiro atoms. The predicted molar refractivity (Wildman–Crippen MR) is 125 cm³/mol. The number of benzene rings is 2. The van der Waals surface area contributed by atoms with Crippen LogP contribution in [0.15, 0.2) is 53.9 Å². The van der Waals surface area contributed by atoms with E-state index in [0.717, 1.165) is 61.2 Å². The molecule has 162 valence electrons. The van der Waals surface area contributed by atoms with Crippen molar-refractivity contribution >= 4 is 17.2 Å². The smallest absolute Gasteiger partial charge is 0.228 e. The van der Waals surface area contributed by atoms with Crippen LogP contribution in [0, 0.1) is 6.92 Å². The van der Waals surface area contributed by atoms with Crippen molar-refractivity contribution in [1.82, 2.24) is 14.8 Å². The molecule has 1 aliphatic rings. The first kappa shape index (κ1) is 21.5. The Morgan fingerprint density at radius 3 is 2.71 bits per heavy atom. The molecule has 5 nitrogen and oxygen atoms in total. The van der Waals surface area contributed by atoms with Crippen molar-refractivity contribution in [1.29, 1.82) is 0 Å². The summed E-state index contributed by atoms with van der Waals surface area (Å²) in [5.41, 5.74) is 4.47. The lowest BCUT2D eigenvalue weighted by atomic mass is 10.1. The Hall–Kier alpha value is -2.70. The highest BCUT2D eigenvalue weighted by atomic mass is 32.1. The highest BCUT2D eigenvalue weighted by Gasteiger charge is 2.20. The van der Waals surface area contributed by atoms with E-state index in [1.54, 1.807) is 18.4 Å². The van der Waals surface area contributed by atoms with Crippen LogP contribution in [0.25, 0.3) is 10.6 Å². The summed E-state index contributed by atoms with van der Waals surface area (Å²) in [6.45, 7) is 6.46. The first-order valence-electron chi connectivity index (χ1n) is 10.8. The van der Waals surface area contributed by atoms with Gasteiger partial charge in [-0.05, 0) is 37.1 Å². The highest BCUT2D eigenvalue weighted by molar-refractivity contribution is 7.13. The molecular formula is C25H29N3O2S. The molecule has 1 saturated heterocycles. The van der Waals surface area contributed by atoms with Gasteiger partial charge in [0.05, 0.1) is 19.2 Å². The Morgan fingerprint density at radius 2 is 1.94 bits per heavy atom. The van der Waals surface area contributed by atoms with E-state index in [2.05, 4.69) is 42.2 Å². The number of amides is 1. The van der Waals surface area contributed by atoms with Crippen LogP contribution in [0.4, 0.5) is 0 Å². The average Bonchev–Trinajstić information content (AvgIpc) is 3.12. The largest absolute Gasteiger partial charge is 0.497 e. The van der Waals surface area contributed by atoms with Crippen LogP contribution >= 0.6 is 11.3 Å². The van der Waals surface area contributed by atoms with E-state index in [9.17, 15) is 4.79 Å². The topological polar surface area (TPSA) is 45.7 Å². The molecule has 4 rings (SSSR count). The Kier molecular flexibility index (Phi) is 6.99. The Labute approximate surface area is 188 Å². The molecule has 0 saturated carbocycles. The van der Waals surface area contributed by atoms with E-state index in [0.29, 0.717) is 6.42 Å². The highest BCUT2D eigenvalue weighted by Crippen LogP contribution is 2.25. The minimum atomic E-state index is 0.174. The number of methoxy groups -OCH3 is 1. The lowest BCUT2D eigenvalue weighted by Gasteiger charge is -2.22. The molecular weight excluding hydrogens is 406 g/mol. The molecule has 0 unspecified atom stereocenters. The minimum Gasteiger partial charge on any atom is -0.497 e. The van der Waals surface area contributed by atoms with E-state index in [1.807, 2.05) is 28.5 Å². The van der Waals surface area contributed by atoms with Gasteiger partial charge in [-0.15, -0.1) is 11.3 Å². The molecule has 0 N–H and O–H groups in total. The second-order valence-corrected chi connectivity index (χ2v) is 8.91. The van der Waals surface area contributed by atoms with E-state index in [-0.39, 0.29) is 5.91 Å². The summed E-state index contributed by atoms with van der Waals surface area (Å²) in [6, 6.07) is 16.6. The number of thiazole rings is 1. The first-order chi connectivity index (χ1) is 15.1. The van der Waals surface area contributed by atoms with Crippen molar-refractivity contribution in [3.8, 4) is 16.3 Å². The zero-order chi connectivity index (χ0) is 21.6. The van der Waals surface area contributed by atoms with Crippen molar-refractivity contribution < 1.29 is 9.53 Å². The second-order valence-electron chi connectivity index (χ2n) is 8.05. The maximum Gasteiger partial charge on any atom is 0.228 e. The molecule has 2 aromatic carbocycles. The summed E-state index contributed by atoms with van der Waals surface area (Å²) in [6.07, 6.45) is 1.37. The molecule has 0 bridgehead atoms. The molecule has 1 amide bonds. The van der Waals surface area contributed by atoms with Crippen LogP contribution in [-0.4, -0.2) is 54.0 Å². The van der Waals surface area contributed by atoms with Gasteiger partial charge >= 0.3 is 0 Å². The molecule has 2 heterocycles. The number of carbonyl (C=O) groups is 1. The van der Waals surface area contributed by atoms with Crippen LogP contribution < -0.4 is 4.74 Å². The van der Waals surface area contributed by atoms with E-state index in [4.69, 9.17) is 9.72 Å². The summed E-state index contributed by atoms with van der Waals surface area (Å²) in [7, 11) is 1.68. The number of ether oxygens (including phenoxy) is 1. The van der Waals surface area contributed by atoms with E-state index in [1.165, 1.54) is 11.1 Å². The number of aryl methyl sites for hydroxylation is 1. The fourth-order valence-corrected chi connectivity index (χ4v) is 4.75. The third-order valence-electron chi connectivity index (χ3n) is 5.66. The molecule has 1 aliphatic heterocycles. The molecule has 0 aliphatic carbocycles. The number of rotatable bonds is 6. The quantitative estimate of drug-likeness (QED) is 0.576. The van der Waals surface area contributed by atoms with E-state index >= 15 is 0 Å². The van der Waals surface area contributed by atoms with Crippen LogP contribution in [-0.2, 0) is 17.8 Å². The van der Waals surface area contributed by atoms with Crippen molar-refractivity contribution in [3.05, 3.63) is 70.7 Å². The van der Waals surface area contributed by atoms with Crippen molar-refractivity contribution in [2.75, 3.05) is 33.3 Å². The number of aromatic nitrogens is 1. The molecule has 0 radical (unpaired) electrons. The molecule has 3 aromatic rings. The van der Waals surface area contributed by atoms with E-state index < -0.39 is 0 Å². The van der Waals surface area contributed by atoms with Gasteiger partial charge < -0.3 is 9.64 Å². The van der Waals surface area contributed by atoms with Gasteiger partial charge in [-0.1, -0.05) is 35.9 Å². The fraction of sp³-hybridized carbons (Fsp3) is 0.360. The maximum absolute atomic E-state index is 12.9. The predicted octanol–water partition coefficient (Wildman–Crippen LogP) is 4.40. The Morgan fingerprint density at radius 1 is 1.10 bits per heavy atom. The lowest BCUT2D eigenvalue weighted by molar-refractivity contribution is -0.130. The normalized spacial score (nSPS) is 15.0. The average molecular weight is 436 g/mol. The summed E-state index contributed by atoms with van der Waals surface area (Å²) >= 11 is 1.61. The van der Waals surface area contributed by atoms with Gasteiger partial charge in [-0.2, -0.15) is 0 Å². The summed E-state index contributed by atoms with van der Waals surface area (Å²) < 4.78 is 5.24. The van der Waals surface area contributed by atoms with Gasteiger partial charge in [-0.25, -0.2) is 4.98 Å². The maximum atomic E-state index is 12.9. The number of carbonyl (C=O) groups excluding carboxylic acids is 1. The third kappa shape index (κ3) is 5.71. The zero-order valence-electron chi connectivity index (χ0n) is 18.2. The zero-order valence-corrected chi connectivity index (χ0v) is 19.0. The van der Waals surface area contributed by atoms with Crippen molar-refractivity contribution in [3.63, 3.8) is 0 Å². The molecule has 31 heavy (non-hydrogen) atoms. The van der Waals surface area contributed by atoms with Crippen LogP contribution in [0.5, 0.6) is 5.75 Å². The first-order valence-corrected chi connectivity index (χ1v) is 11.6. The minimum absolute atomic E-state index is 0.174.